The summed E-state index contributed by atoms with van der Waals surface area (Å²) in [6.45, 7) is 2.66. The van der Waals surface area contributed by atoms with E-state index >= 15 is 0 Å². The molecule has 0 aromatic heterocycles. The highest BCUT2D eigenvalue weighted by Gasteiger charge is 2.62. The molecule has 0 aliphatic carbocycles. The van der Waals surface area contributed by atoms with Crippen LogP contribution in [-0.2, 0) is 29.1 Å². The monoisotopic (exact) mass is 428 g/mol. The van der Waals surface area contributed by atoms with E-state index in [4.69, 9.17) is 4.74 Å². The number of methoxy groups -OCH3 is 1. The maximum absolute atomic E-state index is 13.7. The largest absolute Gasteiger partial charge is 0.497 e. The van der Waals surface area contributed by atoms with Crippen LogP contribution in [0.15, 0.2) is 84.9 Å². The summed E-state index contributed by atoms with van der Waals surface area (Å²) in [5.74, 6) is 0.224. The highest BCUT2D eigenvalue weighted by atomic mass is 16.5. The maximum atomic E-state index is 13.7. The summed E-state index contributed by atoms with van der Waals surface area (Å²) in [6, 6.07) is 27.3. The summed E-state index contributed by atoms with van der Waals surface area (Å²) in [4.78, 5) is 28.4. The van der Waals surface area contributed by atoms with Crippen molar-refractivity contribution in [3.05, 3.63) is 102 Å². The topological polar surface area (TPSA) is 58.6 Å². The van der Waals surface area contributed by atoms with Crippen LogP contribution in [0, 0.1) is 5.92 Å². The van der Waals surface area contributed by atoms with Crippen LogP contribution < -0.4 is 10.1 Å². The van der Waals surface area contributed by atoms with Crippen molar-refractivity contribution >= 4 is 11.8 Å². The van der Waals surface area contributed by atoms with E-state index in [1.807, 2.05) is 91.9 Å². The number of rotatable bonds is 8. The van der Waals surface area contributed by atoms with E-state index in [9.17, 15) is 9.59 Å². The molecule has 5 heteroatoms. The highest BCUT2D eigenvalue weighted by Crippen LogP contribution is 2.42. The number of carbonyl (C=O) groups is 2. The SMILES string of the molecule is COc1ccc(CN2C(=O)[C@@H](C)[C@@]2(Cc2ccccc2)C(=O)NCc2ccccc2)cc1. The van der Waals surface area contributed by atoms with Crippen molar-refractivity contribution < 1.29 is 14.3 Å². The zero-order valence-electron chi connectivity index (χ0n) is 18.5. The third-order valence-corrected chi connectivity index (χ3v) is 6.34. The minimum absolute atomic E-state index is 0.00777. The highest BCUT2D eigenvalue weighted by molar-refractivity contribution is 6.03. The number of benzene rings is 3. The first kappa shape index (κ1) is 21.6. The molecule has 0 spiro atoms. The molecule has 0 saturated carbocycles. The molecule has 32 heavy (non-hydrogen) atoms. The quantitative estimate of drug-likeness (QED) is 0.553. The fourth-order valence-electron chi connectivity index (χ4n) is 4.42. The van der Waals surface area contributed by atoms with Crippen molar-refractivity contribution in [2.75, 3.05) is 7.11 Å². The summed E-state index contributed by atoms with van der Waals surface area (Å²) in [6.07, 6.45) is 0.470. The second-order valence-electron chi connectivity index (χ2n) is 8.25. The number of hydrogen-bond acceptors (Lipinski definition) is 3. The average Bonchev–Trinajstić information content (AvgIpc) is 2.85. The molecule has 1 fully saturated rings. The lowest BCUT2D eigenvalue weighted by Crippen LogP contribution is -2.76. The summed E-state index contributed by atoms with van der Waals surface area (Å²) in [5, 5.41) is 3.09. The first-order valence-electron chi connectivity index (χ1n) is 10.8. The van der Waals surface area contributed by atoms with Crippen LogP contribution >= 0.6 is 0 Å². The Labute approximate surface area is 189 Å². The van der Waals surface area contributed by atoms with E-state index in [0.717, 1.165) is 22.4 Å². The number of likely N-dealkylation sites (tertiary alicyclic amines) is 1. The molecule has 3 aromatic carbocycles. The van der Waals surface area contributed by atoms with Gasteiger partial charge in [0.15, 0.2) is 0 Å². The Balaban J connectivity index is 1.62. The zero-order chi connectivity index (χ0) is 22.6. The van der Waals surface area contributed by atoms with Crippen LogP contribution in [0.3, 0.4) is 0 Å². The van der Waals surface area contributed by atoms with Gasteiger partial charge in [-0.15, -0.1) is 0 Å². The smallest absolute Gasteiger partial charge is 0.247 e. The van der Waals surface area contributed by atoms with Gasteiger partial charge in [-0.25, -0.2) is 0 Å². The molecule has 1 aliphatic rings. The van der Waals surface area contributed by atoms with Gasteiger partial charge in [0.2, 0.25) is 11.8 Å². The Morgan fingerprint density at radius 1 is 0.906 bits per heavy atom. The molecule has 0 bridgehead atoms. The fourth-order valence-corrected chi connectivity index (χ4v) is 4.42. The molecule has 4 rings (SSSR count). The van der Waals surface area contributed by atoms with E-state index in [0.29, 0.717) is 19.5 Å². The van der Waals surface area contributed by atoms with Gasteiger partial charge < -0.3 is 15.0 Å². The molecule has 2 amide bonds. The fraction of sp³-hybridized carbons (Fsp3) is 0.259. The molecule has 1 aliphatic heterocycles. The molecule has 0 radical (unpaired) electrons. The van der Waals surface area contributed by atoms with Crippen molar-refractivity contribution in [2.45, 2.75) is 32.0 Å². The molecule has 3 aromatic rings. The molecule has 0 unspecified atom stereocenters. The van der Waals surface area contributed by atoms with Crippen molar-refractivity contribution in [1.29, 1.82) is 0 Å². The third-order valence-electron chi connectivity index (χ3n) is 6.34. The summed E-state index contributed by atoms with van der Waals surface area (Å²) in [5.41, 5.74) is 2.07. The molecule has 1 heterocycles. The van der Waals surface area contributed by atoms with E-state index in [1.165, 1.54) is 0 Å². The van der Waals surface area contributed by atoms with Crippen molar-refractivity contribution in [3.8, 4) is 5.75 Å². The molecule has 5 nitrogen and oxygen atoms in total. The van der Waals surface area contributed by atoms with E-state index in [1.54, 1.807) is 12.0 Å². The lowest BCUT2D eigenvalue weighted by Gasteiger charge is -2.55. The third kappa shape index (κ3) is 4.11. The summed E-state index contributed by atoms with van der Waals surface area (Å²) >= 11 is 0. The number of β-lactam (4-membered cyclic amide) rings is 1. The molecular formula is C27H28N2O3. The Morgan fingerprint density at radius 2 is 1.50 bits per heavy atom. The van der Waals surface area contributed by atoms with Crippen molar-refractivity contribution in [1.82, 2.24) is 10.2 Å². The molecule has 2 atom stereocenters. The second kappa shape index (κ2) is 9.27. The van der Waals surface area contributed by atoms with Crippen molar-refractivity contribution in [3.63, 3.8) is 0 Å². The van der Waals surface area contributed by atoms with Gasteiger partial charge in [-0.05, 0) is 28.8 Å². The number of nitrogens with zero attached hydrogens (tertiary/aromatic N) is 1. The number of nitrogens with one attached hydrogen (secondary N) is 1. The number of amides is 2. The van der Waals surface area contributed by atoms with Gasteiger partial charge in [0.05, 0.1) is 13.0 Å². The van der Waals surface area contributed by atoms with Crippen LogP contribution in [0.5, 0.6) is 5.75 Å². The Bertz CT molecular complexity index is 1070. The van der Waals surface area contributed by atoms with Gasteiger partial charge in [-0.3, -0.25) is 9.59 Å². The van der Waals surface area contributed by atoms with E-state index in [-0.39, 0.29) is 11.8 Å². The molecular weight excluding hydrogens is 400 g/mol. The van der Waals surface area contributed by atoms with E-state index in [2.05, 4.69) is 5.32 Å². The molecule has 1 saturated heterocycles. The predicted octanol–water partition coefficient (Wildman–Crippen LogP) is 3.97. The van der Waals surface area contributed by atoms with Gasteiger partial charge in [-0.2, -0.15) is 0 Å². The maximum Gasteiger partial charge on any atom is 0.247 e. The van der Waals surface area contributed by atoms with Gasteiger partial charge in [-0.1, -0.05) is 79.7 Å². The normalized spacial score (nSPS) is 19.9. The van der Waals surface area contributed by atoms with Crippen LogP contribution in [-0.4, -0.2) is 29.4 Å². The molecule has 164 valence electrons. The summed E-state index contributed by atoms with van der Waals surface area (Å²) < 4.78 is 5.24. The number of hydrogen-bond donors (Lipinski definition) is 1. The van der Waals surface area contributed by atoms with Crippen molar-refractivity contribution in [2.24, 2.45) is 5.92 Å². The Morgan fingerprint density at radius 3 is 2.09 bits per heavy atom. The average molecular weight is 429 g/mol. The minimum atomic E-state index is -0.937. The molecule has 1 N–H and O–H groups in total. The second-order valence-corrected chi connectivity index (χ2v) is 8.25. The first-order valence-corrected chi connectivity index (χ1v) is 10.8. The minimum Gasteiger partial charge on any atom is -0.497 e. The Kier molecular flexibility index (Phi) is 6.26. The summed E-state index contributed by atoms with van der Waals surface area (Å²) in [7, 11) is 1.62. The van der Waals surface area contributed by atoms with Gasteiger partial charge in [0.25, 0.3) is 0 Å². The zero-order valence-corrected chi connectivity index (χ0v) is 18.5. The number of ether oxygens (including phenoxy) is 1. The lowest BCUT2D eigenvalue weighted by atomic mass is 9.69. The first-order chi connectivity index (χ1) is 15.5. The van der Waals surface area contributed by atoms with Crippen LogP contribution in [0.2, 0.25) is 0 Å². The number of carbonyl (C=O) groups excluding carboxylic acids is 2. The van der Waals surface area contributed by atoms with E-state index < -0.39 is 11.5 Å². The predicted molar refractivity (Wildman–Crippen MR) is 124 cm³/mol. The van der Waals surface area contributed by atoms with Crippen LogP contribution in [0.25, 0.3) is 0 Å². The van der Waals surface area contributed by atoms with Gasteiger partial charge in [0.1, 0.15) is 11.3 Å². The van der Waals surface area contributed by atoms with Crippen LogP contribution in [0.1, 0.15) is 23.6 Å². The standard InChI is InChI=1S/C27H28N2O3/c1-20-25(30)29(19-23-13-15-24(32-2)16-14-23)27(20,17-21-9-5-3-6-10-21)26(31)28-18-22-11-7-4-8-12-22/h3-16,20H,17-19H2,1-2H3,(H,28,31)/t20-,27+/m1/s1. The lowest BCUT2D eigenvalue weighted by molar-refractivity contribution is -0.179. The Hall–Kier alpha value is -3.60. The van der Waals surface area contributed by atoms with Gasteiger partial charge >= 0.3 is 0 Å². The van der Waals surface area contributed by atoms with Gasteiger partial charge in [0, 0.05) is 19.5 Å². The van der Waals surface area contributed by atoms with Crippen LogP contribution in [0.4, 0.5) is 0 Å².